The summed E-state index contributed by atoms with van der Waals surface area (Å²) in [4.78, 5) is 15.0. The second kappa shape index (κ2) is 7.98. The summed E-state index contributed by atoms with van der Waals surface area (Å²) in [6.45, 7) is 1.50. The first kappa shape index (κ1) is 18.4. The largest absolute Gasteiger partial charge is 0.495 e. The number of carbonyl (C=O) groups is 1. The normalized spacial score (nSPS) is 16.2. The first-order valence-electron chi connectivity index (χ1n) is 9.18. The van der Waals surface area contributed by atoms with Crippen molar-refractivity contribution in [1.82, 2.24) is 5.32 Å². The lowest BCUT2D eigenvalue weighted by Crippen LogP contribution is -2.37. The minimum atomic E-state index is -0.200. The second-order valence-electron chi connectivity index (χ2n) is 6.75. The van der Waals surface area contributed by atoms with Crippen molar-refractivity contribution in [3.63, 3.8) is 0 Å². The lowest BCUT2D eigenvalue weighted by atomic mass is 10.1. The van der Waals surface area contributed by atoms with Gasteiger partial charge in [0.15, 0.2) is 5.76 Å². The fourth-order valence-electron chi connectivity index (χ4n) is 3.59. The molecule has 1 aliphatic heterocycles. The third-order valence-corrected chi connectivity index (χ3v) is 5.20. The summed E-state index contributed by atoms with van der Waals surface area (Å²) in [6.07, 6.45) is 2.39. The van der Waals surface area contributed by atoms with Crippen LogP contribution in [0.3, 0.4) is 0 Å². The highest BCUT2D eigenvalue weighted by atomic mass is 35.5. The van der Waals surface area contributed by atoms with E-state index in [1.54, 1.807) is 19.4 Å². The number of amides is 1. The molecule has 1 atom stereocenters. The molecule has 144 valence electrons. The van der Waals surface area contributed by atoms with Crippen LogP contribution in [0.15, 0.2) is 65.3 Å². The van der Waals surface area contributed by atoms with Gasteiger partial charge in [-0.25, -0.2) is 0 Å². The zero-order valence-corrected chi connectivity index (χ0v) is 16.3. The molecule has 0 bridgehead atoms. The van der Waals surface area contributed by atoms with Gasteiger partial charge in [0, 0.05) is 29.7 Å². The molecule has 3 aromatic rings. The molecule has 0 saturated carbocycles. The van der Waals surface area contributed by atoms with E-state index in [4.69, 9.17) is 20.8 Å². The zero-order valence-electron chi connectivity index (χ0n) is 15.5. The summed E-state index contributed by atoms with van der Waals surface area (Å²) < 4.78 is 10.9. The number of carbonyl (C=O) groups excluding carboxylic acids is 1. The fourth-order valence-corrected chi connectivity index (χ4v) is 3.75. The van der Waals surface area contributed by atoms with Crippen molar-refractivity contribution in [3.05, 3.63) is 71.6 Å². The standard InChI is InChI=1S/C22H21ClN2O3/c1-27-20-8-7-16(23)13-19(20)25-11-9-17(14-25)24-22(26)21-18(10-12-28-21)15-5-3-2-4-6-15/h2-8,10,12-13,17H,9,11,14H2,1H3,(H,24,26). The van der Waals surface area contributed by atoms with Gasteiger partial charge >= 0.3 is 0 Å². The Morgan fingerprint density at radius 2 is 2.04 bits per heavy atom. The molecule has 28 heavy (non-hydrogen) atoms. The van der Waals surface area contributed by atoms with Crippen LogP contribution >= 0.6 is 11.6 Å². The summed E-state index contributed by atoms with van der Waals surface area (Å²) in [5.41, 5.74) is 2.69. The van der Waals surface area contributed by atoms with Crippen LogP contribution in [0.5, 0.6) is 5.75 Å². The monoisotopic (exact) mass is 396 g/mol. The number of benzene rings is 2. The van der Waals surface area contributed by atoms with E-state index < -0.39 is 0 Å². The Bertz CT molecular complexity index is 971. The van der Waals surface area contributed by atoms with E-state index in [2.05, 4.69) is 10.2 Å². The maximum atomic E-state index is 12.8. The fraction of sp³-hybridized carbons (Fsp3) is 0.227. The molecule has 1 N–H and O–H groups in total. The number of ether oxygens (including phenoxy) is 1. The van der Waals surface area contributed by atoms with Crippen molar-refractivity contribution in [3.8, 4) is 16.9 Å². The van der Waals surface area contributed by atoms with E-state index in [0.717, 1.165) is 35.5 Å². The van der Waals surface area contributed by atoms with Crippen molar-refractivity contribution in [2.45, 2.75) is 12.5 Å². The van der Waals surface area contributed by atoms with Crippen LogP contribution in [-0.4, -0.2) is 32.1 Å². The van der Waals surface area contributed by atoms with Crippen molar-refractivity contribution in [2.24, 2.45) is 0 Å². The molecule has 1 unspecified atom stereocenters. The predicted octanol–water partition coefficient (Wildman–Crippen LogP) is 4.62. The number of anilines is 1. The lowest BCUT2D eigenvalue weighted by Gasteiger charge is -2.21. The minimum Gasteiger partial charge on any atom is -0.495 e. The Kier molecular flexibility index (Phi) is 5.26. The van der Waals surface area contributed by atoms with Gasteiger partial charge < -0.3 is 19.4 Å². The first-order valence-corrected chi connectivity index (χ1v) is 9.56. The van der Waals surface area contributed by atoms with E-state index in [1.807, 2.05) is 48.5 Å². The molecular weight excluding hydrogens is 376 g/mol. The average molecular weight is 397 g/mol. The third kappa shape index (κ3) is 3.71. The highest BCUT2D eigenvalue weighted by Crippen LogP contribution is 2.33. The molecule has 1 aliphatic rings. The van der Waals surface area contributed by atoms with Gasteiger partial charge in [0.1, 0.15) is 5.75 Å². The van der Waals surface area contributed by atoms with Crippen molar-refractivity contribution >= 4 is 23.2 Å². The van der Waals surface area contributed by atoms with Crippen LogP contribution in [0, 0.1) is 0 Å². The summed E-state index contributed by atoms with van der Waals surface area (Å²) in [6, 6.07) is 17.2. The van der Waals surface area contributed by atoms with Gasteiger partial charge in [0.05, 0.1) is 19.1 Å². The van der Waals surface area contributed by atoms with E-state index in [1.165, 1.54) is 0 Å². The number of halogens is 1. The molecule has 2 aromatic carbocycles. The van der Waals surface area contributed by atoms with E-state index in [0.29, 0.717) is 17.3 Å². The van der Waals surface area contributed by atoms with Crippen molar-refractivity contribution < 1.29 is 13.9 Å². The molecule has 2 heterocycles. The van der Waals surface area contributed by atoms with Crippen molar-refractivity contribution in [2.75, 3.05) is 25.1 Å². The van der Waals surface area contributed by atoms with Gasteiger partial charge in [0.25, 0.3) is 5.91 Å². The molecule has 1 amide bonds. The van der Waals surface area contributed by atoms with Crippen LogP contribution in [0.1, 0.15) is 17.0 Å². The van der Waals surface area contributed by atoms with E-state index >= 15 is 0 Å². The Balaban J connectivity index is 1.47. The van der Waals surface area contributed by atoms with Crippen LogP contribution in [0.4, 0.5) is 5.69 Å². The Labute approximate surface area is 168 Å². The quantitative estimate of drug-likeness (QED) is 0.683. The average Bonchev–Trinajstić information content (AvgIpc) is 3.38. The Morgan fingerprint density at radius 3 is 2.82 bits per heavy atom. The maximum Gasteiger partial charge on any atom is 0.287 e. The molecule has 6 heteroatoms. The molecular formula is C22H21ClN2O3. The number of hydrogen-bond acceptors (Lipinski definition) is 4. The summed E-state index contributed by atoms with van der Waals surface area (Å²) in [7, 11) is 1.64. The number of furan rings is 1. The SMILES string of the molecule is COc1ccc(Cl)cc1N1CCC(NC(=O)c2occc2-c2ccccc2)C1. The molecule has 5 nitrogen and oxygen atoms in total. The van der Waals surface area contributed by atoms with Gasteiger partial charge in [-0.05, 0) is 36.2 Å². The number of methoxy groups -OCH3 is 1. The van der Waals surface area contributed by atoms with Crippen LogP contribution in [0.25, 0.3) is 11.1 Å². The van der Waals surface area contributed by atoms with Gasteiger partial charge in [-0.3, -0.25) is 4.79 Å². The topological polar surface area (TPSA) is 54.7 Å². The second-order valence-corrected chi connectivity index (χ2v) is 7.19. The predicted molar refractivity (Wildman–Crippen MR) is 110 cm³/mol. The highest BCUT2D eigenvalue weighted by molar-refractivity contribution is 6.31. The molecule has 1 fully saturated rings. The number of nitrogens with zero attached hydrogens (tertiary/aromatic N) is 1. The molecule has 0 spiro atoms. The highest BCUT2D eigenvalue weighted by Gasteiger charge is 2.28. The van der Waals surface area contributed by atoms with Gasteiger partial charge in [-0.2, -0.15) is 0 Å². The smallest absolute Gasteiger partial charge is 0.287 e. The first-order chi connectivity index (χ1) is 13.7. The van der Waals surface area contributed by atoms with Crippen molar-refractivity contribution in [1.29, 1.82) is 0 Å². The van der Waals surface area contributed by atoms with E-state index in [9.17, 15) is 4.79 Å². The Hall–Kier alpha value is -2.92. The molecule has 1 saturated heterocycles. The molecule has 0 aliphatic carbocycles. The van der Waals surface area contributed by atoms with E-state index in [-0.39, 0.29) is 11.9 Å². The summed E-state index contributed by atoms with van der Waals surface area (Å²) >= 11 is 6.15. The summed E-state index contributed by atoms with van der Waals surface area (Å²) in [5, 5.41) is 3.75. The van der Waals surface area contributed by atoms with Gasteiger partial charge in [0.2, 0.25) is 0 Å². The van der Waals surface area contributed by atoms with Gasteiger partial charge in [-0.15, -0.1) is 0 Å². The molecule has 1 aromatic heterocycles. The Morgan fingerprint density at radius 1 is 1.21 bits per heavy atom. The number of hydrogen-bond donors (Lipinski definition) is 1. The number of rotatable bonds is 5. The van der Waals surface area contributed by atoms with Crippen LogP contribution in [-0.2, 0) is 0 Å². The summed E-state index contributed by atoms with van der Waals surface area (Å²) in [5.74, 6) is 0.910. The van der Waals surface area contributed by atoms with Crippen LogP contribution < -0.4 is 15.0 Å². The minimum absolute atomic E-state index is 0.0184. The van der Waals surface area contributed by atoms with Gasteiger partial charge in [-0.1, -0.05) is 41.9 Å². The van der Waals surface area contributed by atoms with Crippen LogP contribution in [0.2, 0.25) is 5.02 Å². The molecule has 0 radical (unpaired) electrons. The lowest BCUT2D eigenvalue weighted by molar-refractivity contribution is 0.0913. The maximum absolute atomic E-state index is 12.8. The third-order valence-electron chi connectivity index (χ3n) is 4.96. The molecule has 4 rings (SSSR count). The number of nitrogens with one attached hydrogen (secondary N) is 1. The zero-order chi connectivity index (χ0) is 19.5.